The van der Waals surface area contributed by atoms with Crippen LogP contribution in [0.4, 0.5) is 0 Å². The van der Waals surface area contributed by atoms with Gasteiger partial charge in [0.2, 0.25) is 0 Å². The number of rotatable bonds is 5. The van der Waals surface area contributed by atoms with Crippen LogP contribution in [-0.2, 0) is 14.3 Å². The van der Waals surface area contributed by atoms with Gasteiger partial charge < -0.3 is 14.8 Å². The number of pyridine rings is 1. The molecule has 0 saturated carbocycles. The molecule has 2 aromatic heterocycles. The standard InChI is InChI=1S/C20H21N5O5/c1-20(2,3)30-19(28)16-11-25(24-23-16)12-5-6-15-14(9-12)13(7-8-21-15)18(27)22-10-17(26)29-4/h5-9,11H,10H2,1-4H3,(H,22,27). The van der Waals surface area contributed by atoms with Gasteiger partial charge in [0.05, 0.1) is 30.1 Å². The molecule has 0 aliphatic heterocycles. The Bertz CT molecular complexity index is 1120. The van der Waals surface area contributed by atoms with Crippen molar-refractivity contribution in [2.24, 2.45) is 0 Å². The fourth-order valence-electron chi connectivity index (χ4n) is 2.61. The number of carbonyl (C=O) groups is 3. The maximum atomic E-state index is 12.5. The van der Waals surface area contributed by atoms with E-state index >= 15 is 0 Å². The molecule has 0 bridgehead atoms. The summed E-state index contributed by atoms with van der Waals surface area (Å²) < 4.78 is 11.2. The van der Waals surface area contributed by atoms with E-state index < -0.39 is 23.4 Å². The topological polar surface area (TPSA) is 125 Å². The van der Waals surface area contributed by atoms with E-state index in [4.69, 9.17) is 4.74 Å². The highest BCUT2D eigenvalue weighted by Crippen LogP contribution is 2.21. The van der Waals surface area contributed by atoms with E-state index in [0.717, 1.165) is 0 Å². The molecule has 0 aliphatic rings. The van der Waals surface area contributed by atoms with E-state index in [1.54, 1.807) is 45.0 Å². The number of ether oxygens (including phenoxy) is 2. The molecule has 3 rings (SSSR count). The van der Waals surface area contributed by atoms with Crippen LogP contribution in [0.25, 0.3) is 16.6 Å². The first-order valence-electron chi connectivity index (χ1n) is 9.08. The number of nitrogens with one attached hydrogen (secondary N) is 1. The van der Waals surface area contributed by atoms with E-state index in [1.807, 2.05) is 0 Å². The third-order valence-electron chi connectivity index (χ3n) is 3.96. The molecular weight excluding hydrogens is 390 g/mol. The predicted molar refractivity (Wildman–Crippen MR) is 106 cm³/mol. The zero-order valence-electron chi connectivity index (χ0n) is 17.0. The largest absolute Gasteiger partial charge is 0.468 e. The van der Waals surface area contributed by atoms with Gasteiger partial charge in [-0.25, -0.2) is 9.48 Å². The lowest BCUT2D eigenvalue weighted by Crippen LogP contribution is -2.30. The zero-order valence-corrected chi connectivity index (χ0v) is 17.0. The van der Waals surface area contributed by atoms with Crippen LogP contribution in [0.5, 0.6) is 0 Å². The molecule has 0 spiro atoms. The van der Waals surface area contributed by atoms with E-state index in [1.165, 1.54) is 24.2 Å². The van der Waals surface area contributed by atoms with Crippen LogP contribution in [0.1, 0.15) is 41.6 Å². The van der Waals surface area contributed by atoms with Crippen molar-refractivity contribution >= 4 is 28.7 Å². The quantitative estimate of drug-likeness (QED) is 0.629. The van der Waals surface area contributed by atoms with Crippen LogP contribution < -0.4 is 5.32 Å². The number of fused-ring (bicyclic) bond motifs is 1. The van der Waals surface area contributed by atoms with Gasteiger partial charge in [-0.2, -0.15) is 0 Å². The number of methoxy groups -OCH3 is 1. The highest BCUT2D eigenvalue weighted by Gasteiger charge is 2.21. The normalized spacial score (nSPS) is 11.2. The summed E-state index contributed by atoms with van der Waals surface area (Å²) in [4.78, 5) is 40.2. The van der Waals surface area contributed by atoms with Gasteiger partial charge in [0.15, 0.2) is 5.69 Å². The fraction of sp³-hybridized carbons (Fsp3) is 0.300. The molecule has 0 atom stereocenters. The summed E-state index contributed by atoms with van der Waals surface area (Å²) in [5.41, 5.74) is 0.893. The minimum absolute atomic E-state index is 0.0623. The fourth-order valence-corrected chi connectivity index (χ4v) is 2.61. The summed E-state index contributed by atoms with van der Waals surface area (Å²) in [5.74, 6) is -1.59. The summed E-state index contributed by atoms with van der Waals surface area (Å²) in [6.45, 7) is 5.04. The molecule has 10 nitrogen and oxygen atoms in total. The first kappa shape index (κ1) is 20.9. The lowest BCUT2D eigenvalue weighted by atomic mass is 10.1. The zero-order chi connectivity index (χ0) is 21.9. The monoisotopic (exact) mass is 411 g/mol. The minimum Gasteiger partial charge on any atom is -0.468 e. The van der Waals surface area contributed by atoms with Gasteiger partial charge in [0.25, 0.3) is 5.91 Å². The van der Waals surface area contributed by atoms with Gasteiger partial charge in [0.1, 0.15) is 12.1 Å². The summed E-state index contributed by atoms with van der Waals surface area (Å²) in [6, 6.07) is 6.70. The Morgan fingerprint density at radius 3 is 2.63 bits per heavy atom. The second-order valence-corrected chi connectivity index (χ2v) is 7.37. The summed E-state index contributed by atoms with van der Waals surface area (Å²) >= 11 is 0. The Kier molecular flexibility index (Phi) is 5.77. The Morgan fingerprint density at radius 2 is 1.93 bits per heavy atom. The number of aromatic nitrogens is 4. The highest BCUT2D eigenvalue weighted by molar-refractivity contribution is 6.07. The van der Waals surface area contributed by atoms with Crippen LogP contribution in [0.3, 0.4) is 0 Å². The van der Waals surface area contributed by atoms with Gasteiger partial charge in [-0.1, -0.05) is 5.21 Å². The molecule has 3 aromatic rings. The van der Waals surface area contributed by atoms with Crippen LogP contribution in [0, 0.1) is 0 Å². The molecule has 30 heavy (non-hydrogen) atoms. The smallest absolute Gasteiger partial charge is 0.361 e. The van der Waals surface area contributed by atoms with Crippen molar-refractivity contribution in [3.8, 4) is 5.69 Å². The van der Waals surface area contributed by atoms with Crippen molar-refractivity contribution in [2.45, 2.75) is 26.4 Å². The number of benzene rings is 1. The van der Waals surface area contributed by atoms with Gasteiger partial charge in [-0.15, -0.1) is 5.10 Å². The van der Waals surface area contributed by atoms with Gasteiger partial charge in [0, 0.05) is 11.6 Å². The van der Waals surface area contributed by atoms with E-state index in [2.05, 4.69) is 25.3 Å². The van der Waals surface area contributed by atoms with Crippen LogP contribution in [0.2, 0.25) is 0 Å². The van der Waals surface area contributed by atoms with E-state index in [-0.39, 0.29) is 12.2 Å². The van der Waals surface area contributed by atoms with Crippen molar-refractivity contribution in [1.82, 2.24) is 25.3 Å². The Hall–Kier alpha value is -3.82. The summed E-state index contributed by atoms with van der Waals surface area (Å²) in [7, 11) is 1.24. The number of carbonyl (C=O) groups excluding carboxylic acids is 3. The molecule has 0 unspecified atom stereocenters. The predicted octanol–water partition coefficient (Wildman–Crippen LogP) is 1.67. The SMILES string of the molecule is COC(=O)CNC(=O)c1ccnc2ccc(-n3cc(C(=O)OC(C)(C)C)nn3)cc12. The number of hydrogen-bond acceptors (Lipinski definition) is 8. The number of nitrogens with zero attached hydrogens (tertiary/aromatic N) is 4. The molecule has 156 valence electrons. The molecule has 2 heterocycles. The molecule has 0 radical (unpaired) electrons. The number of esters is 2. The Labute approximate surface area is 172 Å². The van der Waals surface area contributed by atoms with Gasteiger partial charge in [-0.3, -0.25) is 14.6 Å². The first-order chi connectivity index (χ1) is 14.2. The minimum atomic E-state index is -0.651. The Balaban J connectivity index is 1.91. The average Bonchev–Trinajstić information content (AvgIpc) is 3.20. The third-order valence-corrected chi connectivity index (χ3v) is 3.96. The maximum absolute atomic E-state index is 12.5. The summed E-state index contributed by atoms with van der Waals surface area (Å²) in [5, 5.41) is 10.9. The molecule has 1 amide bonds. The van der Waals surface area contributed by atoms with E-state index in [0.29, 0.717) is 22.2 Å². The molecular formula is C20H21N5O5. The highest BCUT2D eigenvalue weighted by atomic mass is 16.6. The van der Waals surface area contributed by atoms with Crippen LogP contribution >= 0.6 is 0 Å². The second-order valence-electron chi connectivity index (χ2n) is 7.37. The van der Waals surface area contributed by atoms with Crippen molar-refractivity contribution in [3.63, 3.8) is 0 Å². The second kappa shape index (κ2) is 8.27. The molecule has 1 aromatic carbocycles. The van der Waals surface area contributed by atoms with Crippen molar-refractivity contribution in [2.75, 3.05) is 13.7 Å². The van der Waals surface area contributed by atoms with Crippen molar-refractivity contribution in [3.05, 3.63) is 47.9 Å². The van der Waals surface area contributed by atoms with E-state index in [9.17, 15) is 14.4 Å². The molecule has 0 aliphatic carbocycles. The Morgan fingerprint density at radius 1 is 1.17 bits per heavy atom. The maximum Gasteiger partial charge on any atom is 0.361 e. The van der Waals surface area contributed by atoms with Gasteiger partial charge >= 0.3 is 11.9 Å². The van der Waals surface area contributed by atoms with Crippen LogP contribution in [-0.4, -0.2) is 57.1 Å². The summed E-state index contributed by atoms with van der Waals surface area (Å²) in [6.07, 6.45) is 2.95. The average molecular weight is 411 g/mol. The molecule has 1 N–H and O–H groups in total. The van der Waals surface area contributed by atoms with Crippen molar-refractivity contribution < 1.29 is 23.9 Å². The lowest BCUT2D eigenvalue weighted by Gasteiger charge is -2.18. The van der Waals surface area contributed by atoms with Crippen molar-refractivity contribution in [1.29, 1.82) is 0 Å². The molecule has 10 heteroatoms. The first-order valence-corrected chi connectivity index (χ1v) is 9.08. The van der Waals surface area contributed by atoms with Gasteiger partial charge in [-0.05, 0) is 45.0 Å². The lowest BCUT2D eigenvalue weighted by molar-refractivity contribution is -0.139. The molecule has 0 saturated heterocycles. The number of amides is 1. The number of hydrogen-bond donors (Lipinski definition) is 1. The molecule has 0 fully saturated rings. The third kappa shape index (κ3) is 4.77. The van der Waals surface area contributed by atoms with Crippen LogP contribution in [0.15, 0.2) is 36.7 Å².